The van der Waals surface area contributed by atoms with Gasteiger partial charge in [0.15, 0.2) is 5.78 Å². The molecule has 0 spiro atoms. The first-order valence-corrected chi connectivity index (χ1v) is 8.11. The molecule has 0 saturated heterocycles. The zero-order valence-electron chi connectivity index (χ0n) is 13.8. The largest absolute Gasteiger partial charge is 0.395 e. The lowest BCUT2D eigenvalue weighted by Gasteiger charge is -2.20. The van der Waals surface area contributed by atoms with Crippen LogP contribution in [0.25, 0.3) is 0 Å². The Bertz CT molecular complexity index is 894. The van der Waals surface area contributed by atoms with E-state index in [4.69, 9.17) is 5.11 Å². The van der Waals surface area contributed by atoms with Crippen molar-refractivity contribution in [1.29, 1.82) is 0 Å². The number of carbonyl (C=O) groups excluding carboxylic acids is 2. The molecule has 0 radical (unpaired) electrons. The lowest BCUT2D eigenvalue weighted by atomic mass is 9.82. The van der Waals surface area contributed by atoms with E-state index in [1.54, 1.807) is 18.2 Å². The smallest absolute Gasteiger partial charge is 0.281 e. The summed E-state index contributed by atoms with van der Waals surface area (Å²) in [7, 11) is 0. The number of benzene rings is 2. The number of fused-ring (bicyclic) bond motifs is 2. The fraction of sp³-hybridized carbons (Fsp3) is 0.222. The van der Waals surface area contributed by atoms with Crippen LogP contribution in [0, 0.1) is 10.1 Å². The summed E-state index contributed by atoms with van der Waals surface area (Å²) < 4.78 is 0. The minimum atomic E-state index is -0.648. The van der Waals surface area contributed by atoms with Crippen molar-refractivity contribution in [2.75, 3.05) is 31.6 Å². The first-order chi connectivity index (χ1) is 12.6. The minimum absolute atomic E-state index is 0.0106. The summed E-state index contributed by atoms with van der Waals surface area (Å²) in [6.07, 6.45) is 0. The van der Waals surface area contributed by atoms with Gasteiger partial charge in [0.2, 0.25) is 5.78 Å². The number of hydrogen-bond donors (Lipinski definition) is 3. The number of nitro benzene ring substituents is 1. The number of aliphatic hydroxyl groups excluding tert-OH is 1. The van der Waals surface area contributed by atoms with Crippen molar-refractivity contribution in [3.63, 3.8) is 0 Å². The second kappa shape index (κ2) is 7.42. The zero-order valence-corrected chi connectivity index (χ0v) is 13.8. The van der Waals surface area contributed by atoms with Gasteiger partial charge in [0.1, 0.15) is 5.56 Å². The summed E-state index contributed by atoms with van der Waals surface area (Å²) in [5.41, 5.74) is 0.278. The van der Waals surface area contributed by atoms with Gasteiger partial charge in [-0.25, -0.2) is 0 Å². The fourth-order valence-electron chi connectivity index (χ4n) is 2.99. The standard InChI is InChI=1S/C18H17N3O5/c22-10-9-19-7-8-20-13-5-6-14(21(25)26)16-15(13)17(23)11-3-1-2-4-12(11)18(16)24/h1-6,19-20,22H,7-10H2. The third kappa shape index (κ3) is 3.07. The number of rotatable bonds is 7. The topological polar surface area (TPSA) is 122 Å². The fourth-order valence-corrected chi connectivity index (χ4v) is 2.99. The lowest BCUT2D eigenvalue weighted by molar-refractivity contribution is -0.385. The molecule has 1 aliphatic carbocycles. The van der Waals surface area contributed by atoms with Gasteiger partial charge in [-0.1, -0.05) is 24.3 Å². The number of ketones is 2. The van der Waals surface area contributed by atoms with Crippen molar-refractivity contribution in [3.05, 3.63) is 68.8 Å². The van der Waals surface area contributed by atoms with E-state index in [2.05, 4.69) is 10.6 Å². The van der Waals surface area contributed by atoms with Gasteiger partial charge in [0.25, 0.3) is 5.69 Å². The van der Waals surface area contributed by atoms with Crippen molar-refractivity contribution >= 4 is 22.9 Å². The second-order valence-corrected chi connectivity index (χ2v) is 5.74. The number of nitrogens with one attached hydrogen (secondary N) is 2. The Morgan fingerprint density at radius 2 is 1.58 bits per heavy atom. The molecule has 1 aliphatic rings. The summed E-state index contributed by atoms with van der Waals surface area (Å²) in [5.74, 6) is -0.936. The van der Waals surface area contributed by atoms with Crippen LogP contribution in [0.5, 0.6) is 0 Å². The molecule has 2 aromatic rings. The van der Waals surface area contributed by atoms with E-state index in [0.29, 0.717) is 25.3 Å². The normalized spacial score (nSPS) is 12.5. The van der Waals surface area contributed by atoms with Gasteiger partial charge in [0, 0.05) is 42.5 Å². The first-order valence-electron chi connectivity index (χ1n) is 8.11. The number of hydrogen-bond acceptors (Lipinski definition) is 7. The van der Waals surface area contributed by atoms with E-state index in [-0.39, 0.29) is 34.5 Å². The summed E-state index contributed by atoms with van der Waals surface area (Å²) in [4.78, 5) is 36.5. The number of nitrogens with zero attached hydrogens (tertiary/aromatic N) is 1. The van der Waals surface area contributed by atoms with Crippen LogP contribution in [-0.4, -0.2) is 47.8 Å². The molecule has 2 aromatic carbocycles. The van der Waals surface area contributed by atoms with Gasteiger partial charge in [-0.3, -0.25) is 19.7 Å². The SMILES string of the molecule is O=C1c2ccccc2C(=O)c2c([N+](=O)[O-])ccc(NCCNCCO)c21. The predicted molar refractivity (Wildman–Crippen MR) is 94.8 cm³/mol. The molecule has 26 heavy (non-hydrogen) atoms. The molecule has 8 heteroatoms. The molecule has 0 unspecified atom stereocenters. The summed E-state index contributed by atoms with van der Waals surface area (Å²) >= 11 is 0. The van der Waals surface area contributed by atoms with E-state index < -0.39 is 16.5 Å². The summed E-state index contributed by atoms with van der Waals surface area (Å²) in [6, 6.07) is 9.00. The Morgan fingerprint density at radius 3 is 2.19 bits per heavy atom. The molecule has 8 nitrogen and oxygen atoms in total. The molecular formula is C18H17N3O5. The Balaban J connectivity index is 2.04. The predicted octanol–water partition coefficient (Wildman–Crippen LogP) is 1.36. The second-order valence-electron chi connectivity index (χ2n) is 5.74. The van der Waals surface area contributed by atoms with Gasteiger partial charge >= 0.3 is 0 Å². The molecule has 0 heterocycles. The molecule has 0 aromatic heterocycles. The highest BCUT2D eigenvalue weighted by Gasteiger charge is 2.37. The van der Waals surface area contributed by atoms with E-state index in [9.17, 15) is 19.7 Å². The first kappa shape index (κ1) is 17.7. The Hall–Kier alpha value is -3.10. The van der Waals surface area contributed by atoms with Gasteiger partial charge in [-0.2, -0.15) is 0 Å². The van der Waals surface area contributed by atoms with Crippen molar-refractivity contribution < 1.29 is 19.6 Å². The van der Waals surface area contributed by atoms with E-state index in [1.165, 1.54) is 18.2 Å². The van der Waals surface area contributed by atoms with E-state index in [0.717, 1.165) is 0 Å². The maximum absolute atomic E-state index is 12.9. The van der Waals surface area contributed by atoms with Crippen LogP contribution in [0.15, 0.2) is 36.4 Å². The average molecular weight is 355 g/mol. The molecule has 0 fully saturated rings. The van der Waals surface area contributed by atoms with Crippen molar-refractivity contribution in [2.45, 2.75) is 0 Å². The zero-order chi connectivity index (χ0) is 18.7. The number of anilines is 1. The van der Waals surface area contributed by atoms with Gasteiger partial charge in [0.05, 0.1) is 17.1 Å². The van der Waals surface area contributed by atoms with Crippen molar-refractivity contribution in [1.82, 2.24) is 5.32 Å². The molecule has 0 amide bonds. The highest BCUT2D eigenvalue weighted by Crippen LogP contribution is 2.37. The Kier molecular flexibility index (Phi) is 5.06. The molecule has 3 N–H and O–H groups in total. The average Bonchev–Trinajstić information content (AvgIpc) is 2.65. The molecule has 134 valence electrons. The molecule has 0 bridgehead atoms. The Morgan fingerprint density at radius 1 is 0.923 bits per heavy atom. The lowest BCUT2D eigenvalue weighted by Crippen LogP contribution is -2.27. The van der Waals surface area contributed by atoms with Crippen LogP contribution in [-0.2, 0) is 0 Å². The van der Waals surface area contributed by atoms with E-state index in [1.807, 2.05) is 0 Å². The summed E-state index contributed by atoms with van der Waals surface area (Å²) in [5, 5.41) is 26.1. The minimum Gasteiger partial charge on any atom is -0.395 e. The van der Waals surface area contributed by atoms with Gasteiger partial charge in [-0.05, 0) is 6.07 Å². The molecular weight excluding hydrogens is 338 g/mol. The van der Waals surface area contributed by atoms with Gasteiger partial charge in [-0.15, -0.1) is 0 Å². The van der Waals surface area contributed by atoms with Crippen LogP contribution in [0.1, 0.15) is 31.8 Å². The molecule has 0 saturated carbocycles. The van der Waals surface area contributed by atoms with Gasteiger partial charge < -0.3 is 15.7 Å². The molecule has 3 rings (SSSR count). The van der Waals surface area contributed by atoms with Crippen molar-refractivity contribution in [2.24, 2.45) is 0 Å². The third-order valence-corrected chi connectivity index (χ3v) is 4.16. The van der Waals surface area contributed by atoms with E-state index >= 15 is 0 Å². The molecule has 0 aliphatic heterocycles. The number of aliphatic hydroxyl groups is 1. The van der Waals surface area contributed by atoms with Crippen LogP contribution in [0.3, 0.4) is 0 Å². The van der Waals surface area contributed by atoms with Crippen LogP contribution in [0.4, 0.5) is 11.4 Å². The van der Waals surface area contributed by atoms with Crippen LogP contribution < -0.4 is 10.6 Å². The molecule has 0 atom stereocenters. The maximum atomic E-state index is 12.9. The highest BCUT2D eigenvalue weighted by atomic mass is 16.6. The van der Waals surface area contributed by atoms with Crippen LogP contribution in [0.2, 0.25) is 0 Å². The van der Waals surface area contributed by atoms with Crippen LogP contribution >= 0.6 is 0 Å². The quantitative estimate of drug-likeness (QED) is 0.332. The number of carbonyl (C=O) groups is 2. The van der Waals surface area contributed by atoms with Crippen molar-refractivity contribution in [3.8, 4) is 0 Å². The Labute approximate surface area is 149 Å². The maximum Gasteiger partial charge on any atom is 0.281 e. The third-order valence-electron chi connectivity index (χ3n) is 4.16. The summed E-state index contributed by atoms with van der Waals surface area (Å²) in [6.45, 7) is 1.39. The highest BCUT2D eigenvalue weighted by molar-refractivity contribution is 6.31. The monoisotopic (exact) mass is 355 g/mol. The number of nitro groups is 1.